The first-order valence-corrected chi connectivity index (χ1v) is 6.31. The third kappa shape index (κ3) is 3.50. The summed E-state index contributed by atoms with van der Waals surface area (Å²) in [4.78, 5) is 4.41. The highest BCUT2D eigenvalue weighted by molar-refractivity contribution is 6.31. The van der Waals surface area contributed by atoms with Crippen LogP contribution in [0.25, 0.3) is 0 Å². The lowest BCUT2D eigenvalue weighted by Gasteiger charge is -2.16. The van der Waals surface area contributed by atoms with E-state index in [9.17, 15) is 4.39 Å². The van der Waals surface area contributed by atoms with Gasteiger partial charge in [-0.1, -0.05) is 17.7 Å². The zero-order valence-corrected chi connectivity index (χ0v) is 11.3. The van der Waals surface area contributed by atoms with Gasteiger partial charge in [-0.15, -0.1) is 0 Å². The van der Waals surface area contributed by atoms with Crippen molar-refractivity contribution in [2.24, 2.45) is 5.84 Å². The minimum absolute atomic E-state index is 0.209. The van der Waals surface area contributed by atoms with Crippen molar-refractivity contribution < 1.29 is 4.39 Å². The Morgan fingerprint density at radius 1 is 1.37 bits per heavy atom. The van der Waals surface area contributed by atoms with Gasteiger partial charge in [-0.05, 0) is 49.2 Å². The third-order valence-electron chi connectivity index (χ3n) is 2.90. The zero-order chi connectivity index (χ0) is 13.8. The second-order valence-corrected chi connectivity index (χ2v) is 4.77. The number of pyridine rings is 1. The van der Waals surface area contributed by atoms with Crippen molar-refractivity contribution in [2.45, 2.75) is 19.4 Å². The third-order valence-corrected chi connectivity index (χ3v) is 3.27. The monoisotopic (exact) mass is 279 g/mol. The molecule has 2 rings (SSSR count). The summed E-state index contributed by atoms with van der Waals surface area (Å²) >= 11 is 6.06. The highest BCUT2D eigenvalue weighted by Crippen LogP contribution is 2.23. The van der Waals surface area contributed by atoms with Crippen LogP contribution < -0.4 is 11.3 Å². The van der Waals surface area contributed by atoms with Crippen molar-refractivity contribution in [3.05, 3.63) is 64.2 Å². The second kappa shape index (κ2) is 6.10. The SMILES string of the molecule is Cc1cccc(C(Cc2cc(F)ccc2Cl)NN)n1. The van der Waals surface area contributed by atoms with Gasteiger partial charge in [0.25, 0.3) is 0 Å². The molecule has 100 valence electrons. The molecule has 2 aromatic rings. The molecule has 3 N–H and O–H groups in total. The Kier molecular flexibility index (Phi) is 4.47. The van der Waals surface area contributed by atoms with Crippen LogP contribution in [0.1, 0.15) is 23.0 Å². The maximum atomic E-state index is 13.2. The second-order valence-electron chi connectivity index (χ2n) is 4.36. The number of nitrogens with zero attached hydrogens (tertiary/aromatic N) is 1. The number of aryl methyl sites for hydroxylation is 1. The molecule has 0 bridgehead atoms. The van der Waals surface area contributed by atoms with E-state index in [2.05, 4.69) is 10.4 Å². The van der Waals surface area contributed by atoms with E-state index in [1.807, 2.05) is 25.1 Å². The van der Waals surface area contributed by atoms with Crippen LogP contribution in [-0.2, 0) is 6.42 Å². The summed E-state index contributed by atoms with van der Waals surface area (Å²) < 4.78 is 13.2. The van der Waals surface area contributed by atoms with Gasteiger partial charge in [0.15, 0.2) is 0 Å². The average Bonchev–Trinajstić information content (AvgIpc) is 2.39. The highest BCUT2D eigenvalue weighted by atomic mass is 35.5. The molecular formula is C14H15ClFN3. The van der Waals surface area contributed by atoms with Crippen molar-refractivity contribution in [1.82, 2.24) is 10.4 Å². The predicted octanol–water partition coefficient (Wildman–Crippen LogP) is 2.93. The Morgan fingerprint density at radius 2 is 2.16 bits per heavy atom. The van der Waals surface area contributed by atoms with E-state index in [0.717, 1.165) is 11.4 Å². The van der Waals surface area contributed by atoms with Crippen LogP contribution in [0.15, 0.2) is 36.4 Å². The Morgan fingerprint density at radius 3 is 2.84 bits per heavy atom. The number of hydrogen-bond acceptors (Lipinski definition) is 3. The maximum Gasteiger partial charge on any atom is 0.123 e. The first-order valence-electron chi connectivity index (χ1n) is 5.94. The molecule has 0 saturated carbocycles. The van der Waals surface area contributed by atoms with Crippen LogP contribution in [-0.4, -0.2) is 4.98 Å². The molecule has 0 aliphatic carbocycles. The fourth-order valence-electron chi connectivity index (χ4n) is 1.93. The molecule has 0 saturated heterocycles. The molecule has 1 unspecified atom stereocenters. The number of nitrogens with two attached hydrogens (primary N) is 1. The van der Waals surface area contributed by atoms with Crippen LogP contribution >= 0.6 is 11.6 Å². The van der Waals surface area contributed by atoms with Crippen LogP contribution in [0.4, 0.5) is 4.39 Å². The van der Waals surface area contributed by atoms with E-state index >= 15 is 0 Å². The Labute approximate surface area is 116 Å². The number of rotatable bonds is 4. The predicted molar refractivity (Wildman–Crippen MR) is 74.2 cm³/mol. The summed E-state index contributed by atoms with van der Waals surface area (Å²) in [7, 11) is 0. The summed E-state index contributed by atoms with van der Waals surface area (Å²) in [5.74, 6) is 5.25. The molecule has 0 aliphatic rings. The molecule has 0 spiro atoms. The van der Waals surface area contributed by atoms with Crippen molar-refractivity contribution in [1.29, 1.82) is 0 Å². The Bertz CT molecular complexity index is 574. The highest BCUT2D eigenvalue weighted by Gasteiger charge is 2.14. The average molecular weight is 280 g/mol. The molecule has 1 aromatic heterocycles. The minimum Gasteiger partial charge on any atom is -0.271 e. The number of hydrogen-bond donors (Lipinski definition) is 2. The van der Waals surface area contributed by atoms with Gasteiger partial charge < -0.3 is 0 Å². The quantitative estimate of drug-likeness (QED) is 0.668. The summed E-state index contributed by atoms with van der Waals surface area (Å²) in [6, 6.07) is 9.79. The number of benzene rings is 1. The first kappa shape index (κ1) is 13.9. The van der Waals surface area contributed by atoms with Gasteiger partial charge in [-0.2, -0.15) is 0 Å². The van der Waals surface area contributed by atoms with E-state index in [0.29, 0.717) is 17.0 Å². The van der Waals surface area contributed by atoms with Gasteiger partial charge in [0.05, 0.1) is 11.7 Å². The molecule has 19 heavy (non-hydrogen) atoms. The smallest absolute Gasteiger partial charge is 0.123 e. The molecular weight excluding hydrogens is 265 g/mol. The Hall–Kier alpha value is -1.49. The van der Waals surface area contributed by atoms with Gasteiger partial charge in [0.1, 0.15) is 5.82 Å². The molecule has 0 amide bonds. The lowest BCUT2D eigenvalue weighted by Crippen LogP contribution is -2.30. The van der Waals surface area contributed by atoms with Crippen molar-refractivity contribution in [3.8, 4) is 0 Å². The van der Waals surface area contributed by atoms with E-state index in [-0.39, 0.29) is 11.9 Å². The maximum absolute atomic E-state index is 13.2. The molecule has 0 radical (unpaired) electrons. The lowest BCUT2D eigenvalue weighted by molar-refractivity contribution is 0.534. The standard InChI is InChI=1S/C14H15ClFN3/c1-9-3-2-4-13(18-9)14(19-17)8-10-7-11(16)5-6-12(10)15/h2-7,14,19H,8,17H2,1H3. The molecule has 3 nitrogen and oxygen atoms in total. The molecule has 0 fully saturated rings. The topological polar surface area (TPSA) is 50.9 Å². The largest absolute Gasteiger partial charge is 0.271 e. The number of hydrazine groups is 1. The van der Waals surface area contributed by atoms with Gasteiger partial charge in [-0.3, -0.25) is 16.3 Å². The van der Waals surface area contributed by atoms with Crippen molar-refractivity contribution in [3.63, 3.8) is 0 Å². The molecule has 5 heteroatoms. The van der Waals surface area contributed by atoms with Gasteiger partial charge >= 0.3 is 0 Å². The minimum atomic E-state index is -0.313. The van der Waals surface area contributed by atoms with Gasteiger partial charge in [0.2, 0.25) is 0 Å². The molecule has 1 heterocycles. The van der Waals surface area contributed by atoms with Gasteiger partial charge in [-0.25, -0.2) is 4.39 Å². The summed E-state index contributed by atoms with van der Waals surface area (Å²) in [5, 5.41) is 0.523. The van der Waals surface area contributed by atoms with Crippen LogP contribution in [0.2, 0.25) is 5.02 Å². The fourth-order valence-corrected chi connectivity index (χ4v) is 2.12. The van der Waals surface area contributed by atoms with Crippen molar-refractivity contribution >= 4 is 11.6 Å². The van der Waals surface area contributed by atoms with E-state index in [4.69, 9.17) is 17.4 Å². The van der Waals surface area contributed by atoms with E-state index < -0.39 is 0 Å². The number of aromatic nitrogens is 1. The zero-order valence-electron chi connectivity index (χ0n) is 10.5. The van der Waals surface area contributed by atoms with E-state index in [1.54, 1.807) is 6.07 Å². The van der Waals surface area contributed by atoms with Crippen LogP contribution in [0, 0.1) is 12.7 Å². The van der Waals surface area contributed by atoms with Crippen LogP contribution in [0.5, 0.6) is 0 Å². The number of halogens is 2. The fraction of sp³-hybridized carbons (Fsp3) is 0.214. The summed E-state index contributed by atoms with van der Waals surface area (Å²) in [6.45, 7) is 1.91. The molecule has 1 atom stereocenters. The summed E-state index contributed by atoms with van der Waals surface area (Å²) in [5.41, 5.74) is 5.11. The normalized spacial score (nSPS) is 12.4. The molecule has 0 aliphatic heterocycles. The number of nitrogens with one attached hydrogen (secondary N) is 1. The lowest BCUT2D eigenvalue weighted by atomic mass is 10.0. The van der Waals surface area contributed by atoms with E-state index in [1.165, 1.54) is 12.1 Å². The van der Waals surface area contributed by atoms with Gasteiger partial charge in [0, 0.05) is 10.7 Å². The summed E-state index contributed by atoms with van der Waals surface area (Å²) in [6.07, 6.45) is 0.476. The van der Waals surface area contributed by atoms with Crippen molar-refractivity contribution in [2.75, 3.05) is 0 Å². The molecule has 1 aromatic carbocycles. The van der Waals surface area contributed by atoms with Crippen LogP contribution in [0.3, 0.4) is 0 Å². The Balaban J connectivity index is 2.26. The first-order chi connectivity index (χ1) is 9.10.